The Labute approximate surface area is 167 Å². The lowest BCUT2D eigenvalue weighted by Gasteiger charge is -2.39. The molecule has 0 radical (unpaired) electrons. The Kier molecular flexibility index (Phi) is 5.39. The number of aliphatic hydroxyl groups is 1. The van der Waals surface area contributed by atoms with Gasteiger partial charge in [-0.05, 0) is 79.0 Å². The van der Waals surface area contributed by atoms with E-state index in [0.29, 0.717) is 18.0 Å². The highest BCUT2D eigenvalue weighted by atomic mass is 16.5. The van der Waals surface area contributed by atoms with Gasteiger partial charge >= 0.3 is 0 Å². The minimum Gasteiger partial charge on any atom is -0.490 e. The molecule has 1 aliphatic carbocycles. The van der Waals surface area contributed by atoms with Crippen LogP contribution in [0.5, 0.6) is 5.75 Å². The Morgan fingerprint density at radius 1 is 1.25 bits per heavy atom. The summed E-state index contributed by atoms with van der Waals surface area (Å²) in [5.74, 6) is 1.38. The molecule has 2 unspecified atom stereocenters. The zero-order valence-electron chi connectivity index (χ0n) is 16.7. The fourth-order valence-corrected chi connectivity index (χ4v) is 4.94. The Bertz CT molecular complexity index is 892. The zero-order chi connectivity index (χ0) is 19.7. The first-order chi connectivity index (χ1) is 13.5. The number of hydrogen-bond donors (Lipinski definition) is 1. The summed E-state index contributed by atoms with van der Waals surface area (Å²) in [6, 6.07) is 12.5. The van der Waals surface area contributed by atoms with Gasteiger partial charge in [-0.3, -0.25) is 4.90 Å². The topological polar surface area (TPSA) is 56.5 Å². The summed E-state index contributed by atoms with van der Waals surface area (Å²) >= 11 is 0. The molecule has 0 amide bonds. The lowest BCUT2D eigenvalue weighted by Crippen LogP contribution is -2.41. The number of nitrogens with zero attached hydrogens (tertiary/aromatic N) is 2. The molecule has 1 heterocycles. The number of hydrogen-bond acceptors (Lipinski definition) is 4. The van der Waals surface area contributed by atoms with E-state index in [1.165, 1.54) is 30.4 Å². The quantitative estimate of drug-likeness (QED) is 0.861. The van der Waals surface area contributed by atoms with Gasteiger partial charge in [0.05, 0.1) is 11.6 Å². The van der Waals surface area contributed by atoms with Gasteiger partial charge in [-0.15, -0.1) is 0 Å². The molecule has 1 N–H and O–H groups in total. The van der Waals surface area contributed by atoms with Crippen LogP contribution in [0.2, 0.25) is 0 Å². The van der Waals surface area contributed by atoms with Crippen molar-refractivity contribution >= 4 is 0 Å². The molecule has 146 valence electrons. The van der Waals surface area contributed by atoms with Gasteiger partial charge in [0.15, 0.2) is 0 Å². The van der Waals surface area contributed by atoms with Crippen LogP contribution >= 0.6 is 0 Å². The molecule has 28 heavy (non-hydrogen) atoms. The fraction of sp³-hybridized carbons (Fsp3) is 0.458. The maximum Gasteiger partial charge on any atom is 0.125 e. The fourth-order valence-electron chi connectivity index (χ4n) is 4.94. The molecule has 2 atom stereocenters. The molecular formula is C24H28N2O2. The van der Waals surface area contributed by atoms with E-state index in [4.69, 9.17) is 10.00 Å². The molecule has 0 saturated carbocycles. The maximum atomic E-state index is 10.6. The zero-order valence-corrected chi connectivity index (χ0v) is 16.7. The molecule has 0 spiro atoms. The van der Waals surface area contributed by atoms with Gasteiger partial charge in [-0.1, -0.05) is 18.2 Å². The summed E-state index contributed by atoms with van der Waals surface area (Å²) < 4.78 is 5.94. The standard InChI is InChI=1S/C24H28N2O2/c1-16-9-18(11-25)10-17(2)24(16)28-15-22(27)14-26-12-20-7-3-5-19-6-4-8-21(13-26)23(19)20/h3,5,7,9-10,21-22,27H,4,6,8,12-15H2,1-2H3. The summed E-state index contributed by atoms with van der Waals surface area (Å²) in [5, 5.41) is 19.7. The molecule has 2 aromatic carbocycles. The lowest BCUT2D eigenvalue weighted by atomic mass is 9.77. The Hall–Kier alpha value is -2.35. The summed E-state index contributed by atoms with van der Waals surface area (Å²) in [6.07, 6.45) is 3.18. The first-order valence-corrected chi connectivity index (χ1v) is 10.2. The molecule has 0 fully saturated rings. The largest absolute Gasteiger partial charge is 0.490 e. The lowest BCUT2D eigenvalue weighted by molar-refractivity contribution is 0.0589. The van der Waals surface area contributed by atoms with Gasteiger partial charge in [-0.2, -0.15) is 5.26 Å². The van der Waals surface area contributed by atoms with Crippen LogP contribution in [0, 0.1) is 25.2 Å². The number of aryl methyl sites for hydroxylation is 3. The van der Waals surface area contributed by atoms with Crippen molar-refractivity contribution in [3.8, 4) is 11.8 Å². The molecule has 4 heteroatoms. The summed E-state index contributed by atoms with van der Waals surface area (Å²) in [5.41, 5.74) is 7.06. The van der Waals surface area contributed by atoms with E-state index in [9.17, 15) is 5.11 Å². The van der Waals surface area contributed by atoms with Crippen molar-refractivity contribution in [2.75, 3.05) is 19.7 Å². The molecule has 0 aromatic heterocycles. The normalized spacial score (nSPS) is 19.6. The number of rotatable bonds is 5. The van der Waals surface area contributed by atoms with Gasteiger partial charge in [0.2, 0.25) is 0 Å². The SMILES string of the molecule is Cc1cc(C#N)cc(C)c1OCC(O)CN1Cc2cccc3c2C(CCC3)C1. The minimum absolute atomic E-state index is 0.266. The molecule has 2 aliphatic rings. The number of aliphatic hydroxyl groups excluding tert-OH is 1. The van der Waals surface area contributed by atoms with Gasteiger partial charge in [0, 0.05) is 19.6 Å². The molecule has 4 rings (SSSR count). The van der Waals surface area contributed by atoms with Crippen LogP contribution in [0.3, 0.4) is 0 Å². The van der Waals surface area contributed by atoms with Crippen molar-refractivity contribution in [2.24, 2.45) is 0 Å². The predicted molar refractivity (Wildman–Crippen MR) is 110 cm³/mol. The first-order valence-electron chi connectivity index (χ1n) is 10.2. The molecule has 0 saturated heterocycles. The van der Waals surface area contributed by atoms with Gasteiger partial charge in [-0.25, -0.2) is 0 Å². The number of ether oxygens (including phenoxy) is 1. The van der Waals surface area contributed by atoms with Gasteiger partial charge in [0.25, 0.3) is 0 Å². The Morgan fingerprint density at radius 2 is 2.00 bits per heavy atom. The maximum absolute atomic E-state index is 10.6. The van der Waals surface area contributed by atoms with E-state index in [2.05, 4.69) is 29.2 Å². The second kappa shape index (κ2) is 7.95. The van der Waals surface area contributed by atoms with Crippen LogP contribution in [0.1, 0.15) is 52.1 Å². The Morgan fingerprint density at radius 3 is 2.75 bits per heavy atom. The van der Waals surface area contributed by atoms with Crippen molar-refractivity contribution in [3.63, 3.8) is 0 Å². The van der Waals surface area contributed by atoms with Crippen LogP contribution in [0.25, 0.3) is 0 Å². The molecule has 0 bridgehead atoms. The van der Waals surface area contributed by atoms with Crippen molar-refractivity contribution in [1.29, 1.82) is 5.26 Å². The average Bonchev–Trinajstić information content (AvgIpc) is 2.67. The second-order valence-corrected chi connectivity index (χ2v) is 8.29. The third-order valence-corrected chi connectivity index (χ3v) is 6.04. The van der Waals surface area contributed by atoms with E-state index in [1.54, 1.807) is 5.56 Å². The molecular weight excluding hydrogens is 348 g/mol. The van der Waals surface area contributed by atoms with Crippen molar-refractivity contribution in [3.05, 3.63) is 63.7 Å². The van der Waals surface area contributed by atoms with Crippen LogP contribution in [0.4, 0.5) is 0 Å². The monoisotopic (exact) mass is 376 g/mol. The van der Waals surface area contributed by atoms with Gasteiger partial charge in [0.1, 0.15) is 18.5 Å². The predicted octanol–water partition coefficient (Wildman–Crippen LogP) is 3.85. The third-order valence-electron chi connectivity index (χ3n) is 6.04. The average molecular weight is 377 g/mol. The van der Waals surface area contributed by atoms with E-state index < -0.39 is 6.10 Å². The summed E-state index contributed by atoms with van der Waals surface area (Å²) in [7, 11) is 0. The highest BCUT2D eigenvalue weighted by molar-refractivity contribution is 5.47. The molecule has 1 aliphatic heterocycles. The number of benzene rings is 2. The van der Waals surface area contributed by atoms with E-state index in [1.807, 2.05) is 26.0 Å². The minimum atomic E-state index is -0.539. The highest BCUT2D eigenvalue weighted by Crippen LogP contribution is 2.38. The number of β-amino-alcohol motifs (C(OH)–C–C–N with tert-alkyl or cyclic N) is 1. The summed E-state index contributed by atoms with van der Waals surface area (Å²) in [6.45, 7) is 6.70. The Balaban J connectivity index is 1.39. The first kappa shape index (κ1) is 19.0. The van der Waals surface area contributed by atoms with E-state index >= 15 is 0 Å². The van der Waals surface area contributed by atoms with E-state index in [0.717, 1.165) is 30.0 Å². The highest BCUT2D eigenvalue weighted by Gasteiger charge is 2.30. The van der Waals surface area contributed by atoms with Crippen LogP contribution in [-0.4, -0.2) is 35.8 Å². The summed E-state index contributed by atoms with van der Waals surface area (Å²) in [4.78, 5) is 2.37. The third kappa shape index (κ3) is 3.78. The van der Waals surface area contributed by atoms with Gasteiger partial charge < -0.3 is 9.84 Å². The van der Waals surface area contributed by atoms with Crippen LogP contribution in [-0.2, 0) is 13.0 Å². The van der Waals surface area contributed by atoms with Crippen molar-refractivity contribution in [1.82, 2.24) is 4.90 Å². The van der Waals surface area contributed by atoms with E-state index in [-0.39, 0.29) is 6.61 Å². The van der Waals surface area contributed by atoms with Crippen molar-refractivity contribution < 1.29 is 9.84 Å². The molecule has 4 nitrogen and oxygen atoms in total. The molecule has 2 aromatic rings. The van der Waals surface area contributed by atoms with Crippen LogP contribution in [0.15, 0.2) is 30.3 Å². The van der Waals surface area contributed by atoms with Crippen LogP contribution < -0.4 is 4.74 Å². The second-order valence-electron chi connectivity index (χ2n) is 8.29. The van der Waals surface area contributed by atoms with Crippen molar-refractivity contribution in [2.45, 2.75) is 51.7 Å². The number of nitriles is 1. The smallest absolute Gasteiger partial charge is 0.125 e.